The number of aliphatic hydroxyl groups is 1. The Labute approximate surface area is 216 Å². The minimum absolute atomic E-state index is 0.00754. The van der Waals surface area contributed by atoms with Crippen LogP contribution in [-0.2, 0) is 29.9 Å². The molecule has 1 saturated heterocycles. The lowest BCUT2D eigenvalue weighted by molar-refractivity contribution is -0.143. The molecule has 10 nitrogen and oxygen atoms in total. The third kappa shape index (κ3) is 3.85. The Hall–Kier alpha value is -3.54. The first-order valence-electron chi connectivity index (χ1n) is 11.8. The van der Waals surface area contributed by atoms with Gasteiger partial charge in [-0.25, -0.2) is 12.7 Å². The summed E-state index contributed by atoms with van der Waals surface area (Å²) in [6.07, 6.45) is 0. The second-order valence-corrected chi connectivity index (χ2v) is 11.6. The van der Waals surface area contributed by atoms with E-state index in [1.807, 2.05) is 19.0 Å². The summed E-state index contributed by atoms with van der Waals surface area (Å²) in [7, 11) is 2.52. The number of hydrogen-bond donors (Lipinski definition) is 1. The monoisotopic (exact) mass is 526 g/mol. The molecule has 1 fully saturated rings. The largest absolute Gasteiger partial charge is 0.507 e. The van der Waals surface area contributed by atoms with Gasteiger partial charge in [0.05, 0.1) is 16.2 Å². The number of anilines is 1. The molecule has 4 rings (SSSR count). The molecule has 196 valence electrons. The molecule has 0 unspecified atom stereocenters. The third-order valence-electron chi connectivity index (χ3n) is 6.78. The molecular weight excluding hydrogens is 496 g/mol. The summed E-state index contributed by atoms with van der Waals surface area (Å²) < 4.78 is 26.5. The van der Waals surface area contributed by atoms with Gasteiger partial charge in [0, 0.05) is 44.9 Å². The van der Waals surface area contributed by atoms with Crippen molar-refractivity contribution in [1.82, 2.24) is 14.1 Å². The maximum Gasteiger partial charge on any atom is 0.296 e. The predicted molar refractivity (Wildman–Crippen MR) is 138 cm³/mol. The average Bonchev–Trinajstić information content (AvgIpc) is 3.24. The molecule has 0 radical (unpaired) electrons. The van der Waals surface area contributed by atoms with E-state index in [-0.39, 0.29) is 29.1 Å². The molecule has 1 N–H and O–H groups in total. The van der Waals surface area contributed by atoms with Gasteiger partial charge in [0.2, 0.25) is 10.0 Å². The molecule has 1 atom stereocenters. The number of ketones is 1. The molecule has 2 aromatic carbocycles. The van der Waals surface area contributed by atoms with Crippen molar-refractivity contribution in [3.05, 3.63) is 65.2 Å². The summed E-state index contributed by atoms with van der Waals surface area (Å²) in [5.41, 5.74) is -1.28. The van der Waals surface area contributed by atoms with Crippen molar-refractivity contribution in [2.45, 2.75) is 17.4 Å². The number of carbonyl (C=O) groups excluding carboxylic acids is 3. The highest BCUT2D eigenvalue weighted by Crippen LogP contribution is 2.53. The quantitative estimate of drug-likeness (QED) is 0.330. The van der Waals surface area contributed by atoms with E-state index in [0.29, 0.717) is 17.8 Å². The van der Waals surface area contributed by atoms with Crippen LogP contribution in [0.2, 0.25) is 0 Å². The molecule has 0 aromatic heterocycles. The van der Waals surface area contributed by atoms with Gasteiger partial charge < -0.3 is 19.8 Å². The number of aliphatic hydroxyl groups excluding tert-OH is 1. The Morgan fingerprint density at radius 3 is 2.30 bits per heavy atom. The van der Waals surface area contributed by atoms with Crippen LogP contribution in [0.15, 0.2) is 59.0 Å². The summed E-state index contributed by atoms with van der Waals surface area (Å²) in [5, 5.41) is 11.6. The lowest BCUT2D eigenvalue weighted by atomic mass is 9.82. The van der Waals surface area contributed by atoms with E-state index in [9.17, 15) is 27.9 Å². The Kier molecular flexibility index (Phi) is 6.74. The first-order valence-corrected chi connectivity index (χ1v) is 13.2. The molecule has 11 heteroatoms. The molecular formula is C26H30N4O6S. The van der Waals surface area contributed by atoms with Crippen molar-refractivity contribution in [3.63, 3.8) is 0 Å². The number of likely N-dealkylation sites (N-methyl/N-ethyl adjacent to an activating group) is 2. The molecule has 0 saturated carbocycles. The number of likely N-dealkylation sites (tertiary alicyclic amines) is 1. The number of sulfonamides is 1. The van der Waals surface area contributed by atoms with Gasteiger partial charge in [0.25, 0.3) is 17.6 Å². The Morgan fingerprint density at radius 1 is 1.00 bits per heavy atom. The number of carbonyl (C=O) groups is 3. The van der Waals surface area contributed by atoms with E-state index < -0.39 is 38.9 Å². The predicted octanol–water partition coefficient (Wildman–Crippen LogP) is 1.44. The minimum Gasteiger partial charge on any atom is -0.507 e. The fourth-order valence-electron chi connectivity index (χ4n) is 4.94. The number of benzene rings is 2. The zero-order valence-electron chi connectivity index (χ0n) is 21.4. The first-order chi connectivity index (χ1) is 17.4. The fourth-order valence-corrected chi connectivity index (χ4v) is 5.89. The topological polar surface area (TPSA) is 119 Å². The summed E-state index contributed by atoms with van der Waals surface area (Å²) >= 11 is 0. The van der Waals surface area contributed by atoms with Crippen molar-refractivity contribution >= 4 is 39.1 Å². The average molecular weight is 527 g/mol. The van der Waals surface area contributed by atoms with Gasteiger partial charge in [0.1, 0.15) is 5.76 Å². The Morgan fingerprint density at radius 2 is 1.68 bits per heavy atom. The van der Waals surface area contributed by atoms with Gasteiger partial charge in [0.15, 0.2) is 5.54 Å². The third-order valence-corrected chi connectivity index (χ3v) is 8.59. The number of nitrogens with zero attached hydrogens (tertiary/aromatic N) is 4. The molecule has 1 spiro atoms. The zero-order chi connectivity index (χ0) is 27.3. The maximum absolute atomic E-state index is 14.1. The van der Waals surface area contributed by atoms with E-state index in [4.69, 9.17) is 0 Å². The fraction of sp³-hybridized carbons (Fsp3) is 0.346. The minimum atomic E-state index is -3.85. The van der Waals surface area contributed by atoms with E-state index in [2.05, 4.69) is 0 Å². The molecule has 2 aliphatic rings. The summed E-state index contributed by atoms with van der Waals surface area (Å²) in [6.45, 7) is 2.50. The van der Waals surface area contributed by atoms with Gasteiger partial charge in [-0.05, 0) is 39.2 Å². The van der Waals surface area contributed by atoms with E-state index >= 15 is 0 Å². The first kappa shape index (κ1) is 26.5. The van der Waals surface area contributed by atoms with Crippen LogP contribution >= 0.6 is 0 Å². The highest BCUT2D eigenvalue weighted by Gasteiger charge is 2.66. The van der Waals surface area contributed by atoms with Crippen molar-refractivity contribution in [1.29, 1.82) is 0 Å². The van der Waals surface area contributed by atoms with E-state index in [1.165, 1.54) is 48.2 Å². The van der Waals surface area contributed by atoms with Crippen molar-refractivity contribution in [3.8, 4) is 0 Å². The molecule has 2 aliphatic heterocycles. The maximum atomic E-state index is 14.1. The highest BCUT2D eigenvalue weighted by atomic mass is 32.2. The molecule has 2 aromatic rings. The van der Waals surface area contributed by atoms with Crippen molar-refractivity contribution < 1.29 is 27.9 Å². The van der Waals surface area contributed by atoms with Gasteiger partial charge in [-0.15, -0.1) is 0 Å². The second-order valence-electron chi connectivity index (χ2n) is 9.41. The summed E-state index contributed by atoms with van der Waals surface area (Å²) in [4.78, 5) is 45.6. The van der Waals surface area contributed by atoms with Crippen LogP contribution in [0, 0.1) is 0 Å². The molecule has 2 heterocycles. The number of fused-ring (bicyclic) bond motifs is 2. The van der Waals surface area contributed by atoms with Gasteiger partial charge in [-0.1, -0.05) is 30.3 Å². The second kappa shape index (κ2) is 9.40. The molecule has 2 amide bonds. The Balaban J connectivity index is 2.04. The van der Waals surface area contributed by atoms with Crippen LogP contribution in [-0.4, -0.2) is 93.1 Å². The van der Waals surface area contributed by atoms with Gasteiger partial charge in [-0.3, -0.25) is 14.4 Å². The number of rotatable bonds is 7. The van der Waals surface area contributed by atoms with Crippen molar-refractivity contribution in [2.75, 3.05) is 52.7 Å². The lowest BCUT2D eigenvalue weighted by Gasteiger charge is -2.35. The van der Waals surface area contributed by atoms with E-state index in [1.54, 1.807) is 31.2 Å². The number of hydrogen-bond acceptors (Lipinski definition) is 7. The SMILES string of the molecule is CCN1C(=O)[C@@]2(C(=C(O)c3cccc(S(=O)(=O)N(C)C)c3)C(=O)C(=O)N2CCN(C)C)c2ccccc21. The van der Waals surface area contributed by atoms with Crippen LogP contribution in [0.25, 0.3) is 5.76 Å². The van der Waals surface area contributed by atoms with Crippen LogP contribution < -0.4 is 4.90 Å². The van der Waals surface area contributed by atoms with Gasteiger partial charge >= 0.3 is 0 Å². The summed E-state index contributed by atoms with van der Waals surface area (Å²) in [5.74, 6) is -3.03. The number of Topliss-reactive ketones (excluding diaryl/α,β-unsaturated/α-hetero) is 1. The zero-order valence-corrected chi connectivity index (χ0v) is 22.2. The normalized spacial score (nSPS) is 21.1. The number of para-hydroxylation sites is 1. The van der Waals surface area contributed by atoms with Crippen LogP contribution in [0.4, 0.5) is 5.69 Å². The van der Waals surface area contributed by atoms with Crippen LogP contribution in [0.1, 0.15) is 18.1 Å². The smallest absolute Gasteiger partial charge is 0.296 e. The standard InChI is InChI=1S/C26H30N4O6S/c1-6-29-20-13-8-7-12-19(20)26(25(29)34)21(23(32)24(33)30(26)15-14-27(2)3)22(31)17-10-9-11-18(16-17)37(35,36)28(4)5/h7-13,16,31H,6,14-15H2,1-5H3/t26-/m0/s1. The lowest BCUT2D eigenvalue weighted by Crippen LogP contribution is -2.53. The number of amides is 2. The molecule has 0 bridgehead atoms. The molecule has 37 heavy (non-hydrogen) atoms. The summed E-state index contributed by atoms with van der Waals surface area (Å²) in [6, 6.07) is 12.4. The van der Waals surface area contributed by atoms with Gasteiger partial charge in [-0.2, -0.15) is 0 Å². The van der Waals surface area contributed by atoms with Crippen LogP contribution in [0.3, 0.4) is 0 Å². The highest BCUT2D eigenvalue weighted by molar-refractivity contribution is 7.89. The van der Waals surface area contributed by atoms with Crippen molar-refractivity contribution in [2.24, 2.45) is 0 Å². The Bertz CT molecular complexity index is 1430. The van der Waals surface area contributed by atoms with E-state index in [0.717, 1.165) is 4.31 Å². The van der Waals surface area contributed by atoms with Crippen LogP contribution in [0.5, 0.6) is 0 Å². The molecule has 0 aliphatic carbocycles.